The highest BCUT2D eigenvalue weighted by Gasteiger charge is 2.17. The number of rotatable bonds is 2. The number of nitrogens with one attached hydrogen (secondary N) is 1. The topological polar surface area (TPSA) is 62.5 Å². The summed E-state index contributed by atoms with van der Waals surface area (Å²) < 4.78 is 1.41. The van der Waals surface area contributed by atoms with Gasteiger partial charge >= 0.3 is 0 Å². The number of hydrogen-bond donors (Lipinski definition) is 1. The minimum absolute atomic E-state index is 0.114. The van der Waals surface area contributed by atoms with Crippen LogP contribution in [-0.4, -0.2) is 40.8 Å². The van der Waals surface area contributed by atoms with Gasteiger partial charge in [-0.1, -0.05) is 56.4 Å². The first-order chi connectivity index (χ1) is 12.4. The molecule has 1 N–H and O–H groups in total. The zero-order valence-electron chi connectivity index (χ0n) is 15.3. The van der Waals surface area contributed by atoms with Gasteiger partial charge in [0.05, 0.1) is 0 Å². The normalized spacial score (nSPS) is 15.6. The minimum Gasteiger partial charge on any atom is -0.354 e. The van der Waals surface area contributed by atoms with Crippen molar-refractivity contribution < 1.29 is 0 Å². The molecule has 4 rings (SSSR count). The van der Waals surface area contributed by atoms with Crippen molar-refractivity contribution in [1.82, 2.24) is 19.9 Å². The van der Waals surface area contributed by atoms with Crippen molar-refractivity contribution in [2.24, 2.45) is 0 Å². The Kier molecular flexibility index (Phi) is 4.28. The van der Waals surface area contributed by atoms with Gasteiger partial charge in [-0.2, -0.15) is 9.61 Å². The van der Waals surface area contributed by atoms with Crippen LogP contribution in [0.4, 0.5) is 5.82 Å². The van der Waals surface area contributed by atoms with Gasteiger partial charge < -0.3 is 10.2 Å². The third-order valence-electron chi connectivity index (χ3n) is 4.67. The number of aromatic nitrogens is 3. The predicted octanol–water partition coefficient (Wildman–Crippen LogP) is 2.53. The summed E-state index contributed by atoms with van der Waals surface area (Å²) in [7, 11) is 0. The second-order valence-corrected chi connectivity index (χ2v) is 8.57. The van der Waals surface area contributed by atoms with E-state index in [1.807, 2.05) is 0 Å². The van der Waals surface area contributed by atoms with Crippen molar-refractivity contribution in [3.8, 4) is 10.6 Å². The smallest absolute Gasteiger partial charge is 0.277 e. The molecule has 0 amide bonds. The van der Waals surface area contributed by atoms with Crippen LogP contribution in [0.2, 0.25) is 0 Å². The lowest BCUT2D eigenvalue weighted by Crippen LogP contribution is -2.44. The van der Waals surface area contributed by atoms with Gasteiger partial charge in [0.15, 0.2) is 0 Å². The first-order valence-electron chi connectivity index (χ1n) is 8.89. The van der Waals surface area contributed by atoms with E-state index in [4.69, 9.17) is 0 Å². The van der Waals surface area contributed by atoms with Crippen LogP contribution in [-0.2, 0) is 5.41 Å². The van der Waals surface area contributed by atoms with E-state index < -0.39 is 0 Å². The maximum absolute atomic E-state index is 12.5. The van der Waals surface area contributed by atoms with Crippen molar-refractivity contribution in [3.05, 3.63) is 46.2 Å². The molecule has 0 bridgehead atoms. The molecule has 0 spiro atoms. The third-order valence-corrected chi connectivity index (χ3v) is 5.63. The Bertz CT molecular complexity index is 978. The summed E-state index contributed by atoms with van der Waals surface area (Å²) in [6, 6.07) is 9.99. The summed E-state index contributed by atoms with van der Waals surface area (Å²) in [6.07, 6.45) is 0. The van der Waals surface area contributed by atoms with E-state index in [2.05, 4.69) is 65.3 Å². The lowest BCUT2D eigenvalue weighted by molar-refractivity contribution is 0.584. The second-order valence-electron chi connectivity index (χ2n) is 7.62. The molecule has 1 saturated heterocycles. The Labute approximate surface area is 156 Å². The number of fused-ring (bicyclic) bond motifs is 1. The van der Waals surface area contributed by atoms with Crippen LogP contribution >= 0.6 is 11.3 Å². The largest absolute Gasteiger partial charge is 0.354 e. The average molecular weight is 369 g/mol. The zero-order valence-corrected chi connectivity index (χ0v) is 16.1. The molecule has 1 aromatic carbocycles. The number of anilines is 1. The van der Waals surface area contributed by atoms with E-state index in [0.29, 0.717) is 4.96 Å². The average Bonchev–Trinajstić information content (AvgIpc) is 3.07. The number of hydrogen-bond acceptors (Lipinski definition) is 6. The molecule has 1 aliphatic rings. The van der Waals surface area contributed by atoms with Gasteiger partial charge in [-0.05, 0) is 11.0 Å². The van der Waals surface area contributed by atoms with Gasteiger partial charge in [0.1, 0.15) is 10.8 Å². The van der Waals surface area contributed by atoms with Crippen molar-refractivity contribution >= 4 is 22.1 Å². The monoisotopic (exact) mass is 369 g/mol. The predicted molar refractivity (Wildman–Crippen MR) is 106 cm³/mol. The van der Waals surface area contributed by atoms with Crippen LogP contribution in [0.1, 0.15) is 26.3 Å². The highest BCUT2D eigenvalue weighted by atomic mass is 32.1. The summed E-state index contributed by atoms with van der Waals surface area (Å²) in [4.78, 5) is 20.0. The van der Waals surface area contributed by atoms with Crippen LogP contribution < -0.4 is 15.8 Å². The Morgan fingerprint density at radius 3 is 2.46 bits per heavy atom. The molecule has 0 unspecified atom stereocenters. The highest BCUT2D eigenvalue weighted by Crippen LogP contribution is 2.28. The molecule has 7 heteroatoms. The molecule has 0 saturated carbocycles. The fourth-order valence-electron chi connectivity index (χ4n) is 3.08. The van der Waals surface area contributed by atoms with Crippen LogP contribution in [0.25, 0.3) is 15.5 Å². The van der Waals surface area contributed by atoms with E-state index >= 15 is 0 Å². The Morgan fingerprint density at radius 1 is 1.12 bits per heavy atom. The number of piperazine rings is 1. The van der Waals surface area contributed by atoms with Gasteiger partial charge in [-0.25, -0.2) is 4.98 Å². The molecule has 0 atom stereocenters. The van der Waals surface area contributed by atoms with Crippen LogP contribution in [0.5, 0.6) is 0 Å². The van der Waals surface area contributed by atoms with E-state index in [1.54, 1.807) is 6.07 Å². The number of benzene rings is 1. The Balaban J connectivity index is 1.71. The lowest BCUT2D eigenvalue weighted by Gasteiger charge is -2.27. The highest BCUT2D eigenvalue weighted by molar-refractivity contribution is 7.19. The van der Waals surface area contributed by atoms with Crippen molar-refractivity contribution in [2.75, 3.05) is 31.1 Å². The maximum atomic E-state index is 12.5. The summed E-state index contributed by atoms with van der Waals surface area (Å²) in [5.41, 5.74) is 2.27. The molecule has 6 nitrogen and oxygen atoms in total. The zero-order chi connectivity index (χ0) is 18.3. The first kappa shape index (κ1) is 17.2. The second kappa shape index (κ2) is 6.48. The summed E-state index contributed by atoms with van der Waals surface area (Å²) in [6.45, 7) is 10.1. The Hall–Kier alpha value is -2.25. The van der Waals surface area contributed by atoms with Crippen LogP contribution in [0.15, 0.2) is 35.1 Å². The molecule has 3 aromatic rings. The van der Waals surface area contributed by atoms with Crippen LogP contribution in [0.3, 0.4) is 0 Å². The molecular weight excluding hydrogens is 346 g/mol. The molecule has 136 valence electrons. The van der Waals surface area contributed by atoms with Gasteiger partial charge in [-0.15, -0.1) is 0 Å². The molecule has 0 aliphatic carbocycles. The minimum atomic E-state index is -0.127. The fraction of sp³-hybridized carbons (Fsp3) is 0.421. The van der Waals surface area contributed by atoms with E-state index in [1.165, 1.54) is 21.4 Å². The fourth-order valence-corrected chi connectivity index (χ4v) is 3.99. The molecule has 1 aliphatic heterocycles. The molecule has 0 radical (unpaired) electrons. The first-order valence-corrected chi connectivity index (χ1v) is 9.71. The quantitative estimate of drug-likeness (QED) is 0.752. The molecule has 3 heterocycles. The van der Waals surface area contributed by atoms with Crippen LogP contribution in [0, 0.1) is 0 Å². The standard InChI is InChI=1S/C19H23N5OS/c1-19(2,3)14-6-4-13(5-7-14)17-22-24-16(25)12-15(21-18(24)26-17)23-10-8-20-9-11-23/h4-7,12,20H,8-11H2,1-3H3. The van der Waals surface area contributed by atoms with Gasteiger partial charge in [0.2, 0.25) is 4.96 Å². The van der Waals surface area contributed by atoms with Crippen molar-refractivity contribution in [2.45, 2.75) is 26.2 Å². The summed E-state index contributed by atoms with van der Waals surface area (Å²) >= 11 is 1.45. The summed E-state index contributed by atoms with van der Waals surface area (Å²) in [5.74, 6) is 0.745. The molecule has 2 aromatic heterocycles. The number of nitrogens with zero attached hydrogens (tertiary/aromatic N) is 4. The van der Waals surface area contributed by atoms with E-state index in [9.17, 15) is 4.79 Å². The van der Waals surface area contributed by atoms with Gasteiger partial charge in [-0.3, -0.25) is 4.79 Å². The lowest BCUT2D eigenvalue weighted by atomic mass is 9.87. The third kappa shape index (κ3) is 3.24. The van der Waals surface area contributed by atoms with Gasteiger partial charge in [0, 0.05) is 37.8 Å². The Morgan fingerprint density at radius 2 is 1.81 bits per heavy atom. The summed E-state index contributed by atoms with van der Waals surface area (Å²) in [5, 5.41) is 8.62. The van der Waals surface area contributed by atoms with Crippen molar-refractivity contribution in [1.29, 1.82) is 0 Å². The molecular formula is C19H23N5OS. The molecule has 26 heavy (non-hydrogen) atoms. The van der Waals surface area contributed by atoms with Crippen molar-refractivity contribution in [3.63, 3.8) is 0 Å². The SMILES string of the molecule is CC(C)(C)c1ccc(-c2nn3c(=O)cc(N4CCNCC4)nc3s2)cc1. The maximum Gasteiger partial charge on any atom is 0.277 e. The van der Waals surface area contributed by atoms with E-state index in [-0.39, 0.29) is 11.0 Å². The molecule has 1 fully saturated rings. The van der Waals surface area contributed by atoms with E-state index in [0.717, 1.165) is 42.6 Å². The van der Waals surface area contributed by atoms with Gasteiger partial charge in [0.25, 0.3) is 5.56 Å².